The van der Waals surface area contributed by atoms with E-state index in [-0.39, 0.29) is 11.7 Å². The monoisotopic (exact) mass is 373 g/mol. The summed E-state index contributed by atoms with van der Waals surface area (Å²) in [5.41, 5.74) is 1.47. The van der Waals surface area contributed by atoms with Crippen LogP contribution in [0.1, 0.15) is 15.7 Å². The summed E-state index contributed by atoms with van der Waals surface area (Å²) in [6.45, 7) is 2.56. The van der Waals surface area contributed by atoms with Gasteiger partial charge in [0.2, 0.25) is 0 Å². The summed E-state index contributed by atoms with van der Waals surface area (Å²) in [5, 5.41) is 1.01. The van der Waals surface area contributed by atoms with E-state index in [0.29, 0.717) is 11.0 Å². The van der Waals surface area contributed by atoms with Gasteiger partial charge in [0, 0.05) is 17.1 Å². The van der Waals surface area contributed by atoms with Crippen molar-refractivity contribution < 1.29 is 4.39 Å². The number of rotatable bonds is 3. The molecular weight excluding hydrogens is 365 g/mol. The molecule has 7 heteroatoms. The zero-order chi connectivity index (χ0) is 14.3. The van der Waals surface area contributed by atoms with Gasteiger partial charge in [-0.2, -0.15) is 0 Å². The Morgan fingerprint density at radius 3 is 2.90 bits per heavy atom. The lowest BCUT2D eigenvalue weighted by Crippen LogP contribution is -2.02. The van der Waals surface area contributed by atoms with Gasteiger partial charge in [0.1, 0.15) is 11.6 Å². The molecule has 0 N–H and O–H groups in total. The quantitative estimate of drug-likeness (QED) is 0.632. The fourth-order valence-corrected chi connectivity index (χ4v) is 3.40. The first-order valence-corrected chi connectivity index (χ1v) is 8.04. The fourth-order valence-electron chi connectivity index (χ4n) is 2.08. The standard InChI is InChI=1S/C13H10BrClFN3S/c1-7-17-5-8(20-7)6-19-12-3-10(16)9(14)2-11(12)18-13(19)4-15/h2-3,5H,4,6H2,1H3. The first kappa shape index (κ1) is 14.0. The van der Waals surface area contributed by atoms with Crippen molar-refractivity contribution in [1.82, 2.24) is 14.5 Å². The lowest BCUT2D eigenvalue weighted by molar-refractivity contribution is 0.621. The number of fused-ring (bicyclic) bond motifs is 1. The average molecular weight is 375 g/mol. The highest BCUT2D eigenvalue weighted by Gasteiger charge is 2.14. The maximum atomic E-state index is 13.8. The maximum Gasteiger partial charge on any atom is 0.139 e. The van der Waals surface area contributed by atoms with Crippen LogP contribution >= 0.6 is 38.9 Å². The smallest absolute Gasteiger partial charge is 0.139 e. The molecule has 0 aliphatic carbocycles. The fraction of sp³-hybridized carbons (Fsp3) is 0.231. The molecule has 0 unspecified atom stereocenters. The molecule has 0 fully saturated rings. The molecule has 0 amide bonds. The van der Waals surface area contributed by atoms with Crippen LogP contribution < -0.4 is 0 Å². The first-order chi connectivity index (χ1) is 9.58. The molecule has 0 saturated carbocycles. The average Bonchev–Trinajstić information content (AvgIpc) is 2.96. The molecule has 1 aromatic carbocycles. The molecule has 0 radical (unpaired) electrons. The Morgan fingerprint density at radius 1 is 1.45 bits per heavy atom. The van der Waals surface area contributed by atoms with Gasteiger partial charge in [0.05, 0.1) is 32.9 Å². The van der Waals surface area contributed by atoms with E-state index in [4.69, 9.17) is 11.6 Å². The number of aryl methyl sites for hydroxylation is 1. The highest BCUT2D eigenvalue weighted by molar-refractivity contribution is 9.10. The highest BCUT2D eigenvalue weighted by atomic mass is 79.9. The SMILES string of the molecule is Cc1ncc(Cn2c(CCl)nc3cc(Br)c(F)cc32)s1. The molecule has 2 aromatic heterocycles. The van der Waals surface area contributed by atoms with Crippen LogP contribution in [0.2, 0.25) is 0 Å². The summed E-state index contributed by atoms with van der Waals surface area (Å²) in [6.07, 6.45) is 1.83. The minimum absolute atomic E-state index is 0.283. The Morgan fingerprint density at radius 2 is 2.25 bits per heavy atom. The van der Waals surface area contributed by atoms with E-state index in [2.05, 4.69) is 25.9 Å². The Labute approximate surface area is 132 Å². The van der Waals surface area contributed by atoms with Crippen molar-refractivity contribution in [2.45, 2.75) is 19.3 Å². The van der Waals surface area contributed by atoms with Crippen LogP contribution in [-0.2, 0) is 12.4 Å². The number of thiazole rings is 1. The van der Waals surface area contributed by atoms with E-state index in [0.717, 1.165) is 26.7 Å². The van der Waals surface area contributed by atoms with Crippen molar-refractivity contribution in [3.8, 4) is 0 Å². The number of benzene rings is 1. The van der Waals surface area contributed by atoms with Gasteiger partial charge in [-0.05, 0) is 28.9 Å². The van der Waals surface area contributed by atoms with E-state index in [1.165, 1.54) is 6.07 Å². The van der Waals surface area contributed by atoms with Gasteiger partial charge in [0.25, 0.3) is 0 Å². The molecule has 3 nitrogen and oxygen atoms in total. The molecule has 0 aliphatic heterocycles. The van der Waals surface area contributed by atoms with Crippen molar-refractivity contribution in [2.75, 3.05) is 0 Å². The number of imidazole rings is 1. The molecule has 3 rings (SSSR count). The summed E-state index contributed by atoms with van der Waals surface area (Å²) in [6, 6.07) is 3.16. The molecule has 2 heterocycles. The van der Waals surface area contributed by atoms with Crippen molar-refractivity contribution >= 4 is 49.9 Å². The summed E-state index contributed by atoms with van der Waals surface area (Å²) < 4.78 is 16.1. The second-order valence-corrected chi connectivity index (χ2v) is 6.79. The predicted octanol–water partition coefficient (Wildman–Crippen LogP) is 4.49. The van der Waals surface area contributed by atoms with Gasteiger partial charge < -0.3 is 4.57 Å². The van der Waals surface area contributed by atoms with Gasteiger partial charge in [-0.25, -0.2) is 14.4 Å². The summed E-state index contributed by atoms with van der Waals surface area (Å²) in [7, 11) is 0. The Kier molecular flexibility index (Phi) is 3.79. The van der Waals surface area contributed by atoms with Crippen molar-refractivity contribution in [2.24, 2.45) is 0 Å². The zero-order valence-corrected chi connectivity index (χ0v) is 13.7. The predicted molar refractivity (Wildman–Crippen MR) is 82.9 cm³/mol. The molecule has 0 saturated heterocycles. The van der Waals surface area contributed by atoms with Gasteiger partial charge in [-0.3, -0.25) is 0 Å². The lowest BCUT2D eigenvalue weighted by atomic mass is 10.3. The third kappa shape index (κ3) is 2.47. The van der Waals surface area contributed by atoms with Gasteiger partial charge in [-0.15, -0.1) is 22.9 Å². The highest BCUT2D eigenvalue weighted by Crippen LogP contribution is 2.26. The van der Waals surface area contributed by atoms with Gasteiger partial charge in [-0.1, -0.05) is 0 Å². The number of nitrogens with zero attached hydrogens (tertiary/aromatic N) is 3. The molecule has 104 valence electrons. The molecule has 0 aliphatic rings. The summed E-state index contributed by atoms with van der Waals surface area (Å²) >= 11 is 10.7. The van der Waals surface area contributed by atoms with Crippen LogP contribution in [0.4, 0.5) is 4.39 Å². The topological polar surface area (TPSA) is 30.7 Å². The van der Waals surface area contributed by atoms with Crippen LogP contribution in [0.25, 0.3) is 11.0 Å². The normalized spacial score (nSPS) is 11.4. The second kappa shape index (κ2) is 5.42. The second-order valence-electron chi connectivity index (χ2n) is 4.35. The molecule has 3 aromatic rings. The van der Waals surface area contributed by atoms with Gasteiger partial charge in [0.15, 0.2) is 0 Å². The van der Waals surface area contributed by atoms with Crippen LogP contribution in [-0.4, -0.2) is 14.5 Å². The zero-order valence-electron chi connectivity index (χ0n) is 10.5. The summed E-state index contributed by atoms with van der Waals surface area (Å²) in [5.74, 6) is 0.705. The van der Waals surface area contributed by atoms with Crippen LogP contribution in [0, 0.1) is 12.7 Å². The molecule has 0 bridgehead atoms. The van der Waals surface area contributed by atoms with E-state index >= 15 is 0 Å². The van der Waals surface area contributed by atoms with E-state index < -0.39 is 0 Å². The van der Waals surface area contributed by atoms with Crippen molar-refractivity contribution in [1.29, 1.82) is 0 Å². The van der Waals surface area contributed by atoms with Crippen LogP contribution in [0.5, 0.6) is 0 Å². The number of halogens is 3. The third-order valence-corrected chi connectivity index (χ3v) is 4.72. The Balaban J connectivity index is 2.14. The maximum absolute atomic E-state index is 13.8. The van der Waals surface area contributed by atoms with E-state index in [9.17, 15) is 4.39 Å². The minimum Gasteiger partial charge on any atom is -0.322 e. The molecule has 20 heavy (non-hydrogen) atoms. The number of aromatic nitrogens is 3. The Hall–Kier alpha value is -0.980. The number of alkyl halides is 1. The Bertz CT molecular complexity index is 783. The first-order valence-electron chi connectivity index (χ1n) is 5.90. The van der Waals surface area contributed by atoms with E-state index in [1.807, 2.05) is 17.7 Å². The number of hydrogen-bond donors (Lipinski definition) is 0. The van der Waals surface area contributed by atoms with Crippen molar-refractivity contribution in [3.05, 3.63) is 44.3 Å². The van der Waals surface area contributed by atoms with Gasteiger partial charge >= 0.3 is 0 Å². The van der Waals surface area contributed by atoms with Crippen LogP contribution in [0.3, 0.4) is 0 Å². The number of hydrogen-bond acceptors (Lipinski definition) is 3. The largest absolute Gasteiger partial charge is 0.322 e. The lowest BCUT2D eigenvalue weighted by Gasteiger charge is -2.05. The van der Waals surface area contributed by atoms with Crippen molar-refractivity contribution in [3.63, 3.8) is 0 Å². The summed E-state index contributed by atoms with van der Waals surface area (Å²) in [4.78, 5) is 9.78. The van der Waals surface area contributed by atoms with E-state index in [1.54, 1.807) is 17.4 Å². The minimum atomic E-state index is -0.305. The molecule has 0 atom stereocenters. The molecular formula is C13H10BrClFN3S. The third-order valence-electron chi connectivity index (χ3n) is 2.97. The molecule has 0 spiro atoms. The van der Waals surface area contributed by atoms with Crippen LogP contribution in [0.15, 0.2) is 22.8 Å².